The molecule has 2 aromatic carbocycles. The predicted octanol–water partition coefficient (Wildman–Crippen LogP) is 5.13. The van der Waals surface area contributed by atoms with E-state index in [4.69, 9.17) is 4.42 Å². The summed E-state index contributed by atoms with van der Waals surface area (Å²) in [4.78, 5) is 25.5. The summed E-state index contributed by atoms with van der Waals surface area (Å²) >= 11 is 1.32. The highest BCUT2D eigenvalue weighted by Gasteiger charge is 2.17. The first-order valence-electron chi connectivity index (χ1n) is 8.43. The maximum absolute atomic E-state index is 12.7. The Balaban J connectivity index is 1.81. The highest BCUT2D eigenvalue weighted by atomic mass is 32.1. The van der Waals surface area contributed by atoms with Crippen LogP contribution in [0.4, 0.5) is 5.69 Å². The normalized spacial score (nSPS) is 11.2. The van der Waals surface area contributed by atoms with Gasteiger partial charge in [-0.25, -0.2) is 4.79 Å². The molecule has 4 rings (SSSR count). The molecule has 0 bridgehead atoms. The number of hydrogen-bond donors (Lipinski definition) is 1. The summed E-state index contributed by atoms with van der Waals surface area (Å²) in [5.74, 6) is -0.215. The summed E-state index contributed by atoms with van der Waals surface area (Å²) in [6, 6.07) is 15.0. The number of para-hydroxylation sites is 1. The first-order chi connectivity index (χ1) is 12.6. The third-order valence-electron chi connectivity index (χ3n) is 4.40. The molecule has 0 unspecified atom stereocenters. The minimum absolute atomic E-state index is 0.215. The number of aryl methyl sites for hydroxylation is 2. The zero-order valence-electron chi connectivity index (χ0n) is 14.5. The summed E-state index contributed by atoms with van der Waals surface area (Å²) in [5, 5.41) is 4.26. The van der Waals surface area contributed by atoms with Crippen molar-refractivity contribution in [1.82, 2.24) is 0 Å². The van der Waals surface area contributed by atoms with Crippen molar-refractivity contribution in [3.05, 3.63) is 75.0 Å². The molecule has 0 aliphatic carbocycles. The van der Waals surface area contributed by atoms with E-state index in [1.165, 1.54) is 11.3 Å². The predicted molar refractivity (Wildman–Crippen MR) is 106 cm³/mol. The van der Waals surface area contributed by atoms with Crippen LogP contribution in [0.2, 0.25) is 0 Å². The second-order valence-corrected chi connectivity index (χ2v) is 7.26. The number of nitrogens with one attached hydrogen (secondary N) is 1. The number of carbonyl (C=O) groups excluding carboxylic acids is 1. The van der Waals surface area contributed by atoms with Crippen molar-refractivity contribution >= 4 is 44.0 Å². The SMILES string of the molecule is CCc1ccccc1NC(=O)c1cc2c(=O)oc3ccc(C)cc3c2s1. The number of anilines is 1. The van der Waals surface area contributed by atoms with Crippen LogP contribution in [-0.4, -0.2) is 5.91 Å². The second-order valence-electron chi connectivity index (χ2n) is 6.21. The van der Waals surface area contributed by atoms with E-state index in [9.17, 15) is 9.59 Å². The molecule has 0 radical (unpaired) electrons. The lowest BCUT2D eigenvalue weighted by molar-refractivity contribution is 0.103. The van der Waals surface area contributed by atoms with E-state index in [-0.39, 0.29) is 5.91 Å². The molecule has 2 aromatic heterocycles. The molecule has 4 aromatic rings. The zero-order valence-corrected chi connectivity index (χ0v) is 15.3. The third-order valence-corrected chi connectivity index (χ3v) is 5.57. The Morgan fingerprint density at radius 2 is 1.92 bits per heavy atom. The Morgan fingerprint density at radius 1 is 1.12 bits per heavy atom. The second kappa shape index (κ2) is 6.42. The molecule has 5 heteroatoms. The van der Waals surface area contributed by atoms with Crippen molar-refractivity contribution in [2.45, 2.75) is 20.3 Å². The van der Waals surface area contributed by atoms with E-state index >= 15 is 0 Å². The van der Waals surface area contributed by atoms with Crippen LogP contribution in [-0.2, 0) is 6.42 Å². The highest BCUT2D eigenvalue weighted by molar-refractivity contribution is 7.21. The number of carbonyl (C=O) groups is 1. The van der Waals surface area contributed by atoms with E-state index in [1.54, 1.807) is 12.1 Å². The molecular formula is C21H17NO3S. The van der Waals surface area contributed by atoms with Gasteiger partial charge in [0.1, 0.15) is 5.58 Å². The number of benzene rings is 2. The molecule has 1 amide bonds. The Kier molecular flexibility index (Phi) is 4.09. The lowest BCUT2D eigenvalue weighted by Gasteiger charge is -2.08. The van der Waals surface area contributed by atoms with Gasteiger partial charge in [0.15, 0.2) is 0 Å². The van der Waals surface area contributed by atoms with Crippen molar-refractivity contribution in [3.8, 4) is 0 Å². The van der Waals surface area contributed by atoms with Gasteiger partial charge in [0, 0.05) is 11.1 Å². The summed E-state index contributed by atoms with van der Waals surface area (Å²) in [6.07, 6.45) is 0.830. The summed E-state index contributed by atoms with van der Waals surface area (Å²) in [5.41, 5.74) is 3.07. The summed E-state index contributed by atoms with van der Waals surface area (Å²) in [6.45, 7) is 4.03. The number of rotatable bonds is 3. The first kappa shape index (κ1) is 16.5. The number of fused-ring (bicyclic) bond motifs is 3. The average Bonchev–Trinajstić information content (AvgIpc) is 3.09. The van der Waals surface area contributed by atoms with Crippen molar-refractivity contribution in [3.63, 3.8) is 0 Å². The molecule has 4 nitrogen and oxygen atoms in total. The Labute approximate surface area is 154 Å². The molecule has 1 N–H and O–H groups in total. The van der Waals surface area contributed by atoms with Crippen molar-refractivity contribution in [1.29, 1.82) is 0 Å². The van der Waals surface area contributed by atoms with Crippen molar-refractivity contribution in [2.24, 2.45) is 0 Å². The fourth-order valence-electron chi connectivity index (χ4n) is 3.05. The van der Waals surface area contributed by atoms with Crippen LogP contribution in [0.1, 0.15) is 27.7 Å². The van der Waals surface area contributed by atoms with Gasteiger partial charge in [0.05, 0.1) is 15.0 Å². The molecule has 0 spiro atoms. The van der Waals surface area contributed by atoms with Crippen molar-refractivity contribution in [2.75, 3.05) is 5.32 Å². The van der Waals surface area contributed by atoms with E-state index < -0.39 is 5.63 Å². The van der Waals surface area contributed by atoms with E-state index in [1.807, 2.05) is 50.2 Å². The van der Waals surface area contributed by atoms with Crippen LogP contribution in [0.3, 0.4) is 0 Å². The molecule has 0 saturated heterocycles. The molecule has 0 fully saturated rings. The lowest BCUT2D eigenvalue weighted by Crippen LogP contribution is -2.11. The van der Waals surface area contributed by atoms with Crippen LogP contribution in [0.15, 0.2) is 57.7 Å². The fourth-order valence-corrected chi connectivity index (χ4v) is 4.12. The van der Waals surface area contributed by atoms with Gasteiger partial charge in [-0.15, -0.1) is 11.3 Å². The third kappa shape index (κ3) is 2.80. The minimum Gasteiger partial charge on any atom is -0.422 e. The van der Waals surface area contributed by atoms with Gasteiger partial charge in [0.25, 0.3) is 5.91 Å². The number of hydrogen-bond acceptors (Lipinski definition) is 4. The van der Waals surface area contributed by atoms with E-state index in [0.717, 1.165) is 33.3 Å². The molecule has 0 saturated carbocycles. The van der Waals surface area contributed by atoms with Crippen LogP contribution in [0.5, 0.6) is 0 Å². The van der Waals surface area contributed by atoms with E-state index in [2.05, 4.69) is 5.32 Å². The Bertz CT molecular complexity index is 1200. The van der Waals surface area contributed by atoms with Crippen LogP contribution in [0, 0.1) is 6.92 Å². The number of thiophene rings is 1. The van der Waals surface area contributed by atoms with Gasteiger partial charge in [-0.3, -0.25) is 4.79 Å². The molecule has 0 aliphatic rings. The monoisotopic (exact) mass is 363 g/mol. The molecule has 0 atom stereocenters. The van der Waals surface area contributed by atoms with Crippen molar-refractivity contribution < 1.29 is 9.21 Å². The minimum atomic E-state index is -0.416. The average molecular weight is 363 g/mol. The van der Waals surface area contributed by atoms with Crippen LogP contribution >= 0.6 is 11.3 Å². The highest BCUT2D eigenvalue weighted by Crippen LogP contribution is 2.31. The topological polar surface area (TPSA) is 59.3 Å². The van der Waals surface area contributed by atoms with Gasteiger partial charge >= 0.3 is 5.63 Å². The molecule has 0 aliphatic heterocycles. The molecular weight excluding hydrogens is 346 g/mol. The van der Waals surface area contributed by atoms with Gasteiger partial charge in [-0.2, -0.15) is 0 Å². The largest absolute Gasteiger partial charge is 0.422 e. The smallest absolute Gasteiger partial charge is 0.345 e. The fraction of sp³-hybridized carbons (Fsp3) is 0.143. The van der Waals surface area contributed by atoms with Gasteiger partial charge in [-0.05, 0) is 43.2 Å². The zero-order chi connectivity index (χ0) is 18.3. The van der Waals surface area contributed by atoms with E-state index in [0.29, 0.717) is 15.8 Å². The standard InChI is InChI=1S/C21H17NO3S/c1-3-13-6-4-5-7-16(13)22-20(23)18-11-15-19(26-18)14-10-12(2)8-9-17(14)25-21(15)24/h4-11H,3H2,1-2H3,(H,22,23). The quantitative estimate of drug-likeness (QED) is 0.513. The molecule has 2 heterocycles. The van der Waals surface area contributed by atoms with Gasteiger partial charge in [-0.1, -0.05) is 36.8 Å². The van der Waals surface area contributed by atoms with Crippen LogP contribution < -0.4 is 10.9 Å². The maximum atomic E-state index is 12.7. The molecule has 26 heavy (non-hydrogen) atoms. The lowest BCUT2D eigenvalue weighted by atomic mass is 10.1. The van der Waals surface area contributed by atoms with Gasteiger partial charge < -0.3 is 9.73 Å². The maximum Gasteiger partial charge on any atom is 0.345 e. The summed E-state index contributed by atoms with van der Waals surface area (Å²) in [7, 11) is 0. The first-order valence-corrected chi connectivity index (χ1v) is 9.24. The Morgan fingerprint density at radius 3 is 2.73 bits per heavy atom. The Hall–Kier alpha value is -2.92. The van der Waals surface area contributed by atoms with Gasteiger partial charge in [0.2, 0.25) is 0 Å². The number of amides is 1. The summed E-state index contributed by atoms with van der Waals surface area (Å²) < 4.78 is 6.18. The molecule has 130 valence electrons. The van der Waals surface area contributed by atoms with Crippen LogP contribution in [0.25, 0.3) is 21.1 Å².